The van der Waals surface area contributed by atoms with Crippen LogP contribution in [0.4, 0.5) is 0 Å². The lowest BCUT2D eigenvalue weighted by Crippen LogP contribution is -2.44. The van der Waals surface area contributed by atoms with Crippen molar-refractivity contribution in [2.45, 2.75) is 51.4 Å². The van der Waals surface area contributed by atoms with Gasteiger partial charge in [-0.3, -0.25) is 9.59 Å². The van der Waals surface area contributed by atoms with Crippen molar-refractivity contribution >= 4 is 11.6 Å². The van der Waals surface area contributed by atoms with E-state index in [0.717, 1.165) is 25.7 Å². The molecule has 2 nitrogen and oxygen atoms in total. The largest absolute Gasteiger partial charge is 0.299 e. The van der Waals surface area contributed by atoms with Gasteiger partial charge in [0.25, 0.3) is 0 Å². The van der Waals surface area contributed by atoms with Crippen LogP contribution >= 0.6 is 0 Å². The molecule has 4 fully saturated rings. The van der Waals surface area contributed by atoms with Gasteiger partial charge in [-0.15, -0.1) is 0 Å². The van der Waals surface area contributed by atoms with Crippen LogP contribution in [0.3, 0.4) is 0 Å². The Hall–Kier alpha value is -0.660. The molecule has 2 heteroatoms. The van der Waals surface area contributed by atoms with Gasteiger partial charge in [-0.25, -0.2) is 0 Å². The Kier molecular flexibility index (Phi) is 2.43. The van der Waals surface area contributed by atoms with E-state index in [-0.39, 0.29) is 0 Å². The van der Waals surface area contributed by atoms with Crippen LogP contribution < -0.4 is 0 Å². The quantitative estimate of drug-likeness (QED) is 0.658. The summed E-state index contributed by atoms with van der Waals surface area (Å²) < 4.78 is 0. The van der Waals surface area contributed by atoms with Gasteiger partial charge < -0.3 is 0 Å². The predicted octanol–water partition coefficient (Wildman–Crippen LogP) is 3.00. The molecule has 4 rings (SSSR count). The molecular formula is C16H22O2. The molecule has 6 unspecified atom stereocenters. The summed E-state index contributed by atoms with van der Waals surface area (Å²) in [5.41, 5.74) is 0. The predicted molar refractivity (Wildman–Crippen MR) is 67.9 cm³/mol. The summed E-state index contributed by atoms with van der Waals surface area (Å²) in [6, 6.07) is 0. The number of ketones is 2. The van der Waals surface area contributed by atoms with Gasteiger partial charge in [-0.2, -0.15) is 0 Å². The molecule has 0 radical (unpaired) electrons. The minimum atomic E-state index is 0.345. The number of hydrogen-bond acceptors (Lipinski definition) is 2. The molecule has 98 valence electrons. The van der Waals surface area contributed by atoms with Gasteiger partial charge in [-0.1, -0.05) is 0 Å². The molecule has 0 bridgehead atoms. The Balaban J connectivity index is 1.65. The summed E-state index contributed by atoms with van der Waals surface area (Å²) >= 11 is 0. The third-order valence-electron chi connectivity index (χ3n) is 6.50. The molecular weight excluding hydrogens is 224 g/mol. The van der Waals surface area contributed by atoms with E-state index in [4.69, 9.17) is 0 Å². The first-order valence-corrected chi connectivity index (χ1v) is 7.81. The maximum Gasteiger partial charge on any atom is 0.136 e. The average molecular weight is 246 g/mol. The number of rotatable bonds is 0. The van der Waals surface area contributed by atoms with Crippen molar-refractivity contribution in [3.63, 3.8) is 0 Å². The smallest absolute Gasteiger partial charge is 0.136 e. The van der Waals surface area contributed by atoms with E-state index >= 15 is 0 Å². The summed E-state index contributed by atoms with van der Waals surface area (Å²) in [5, 5.41) is 0. The molecule has 0 aromatic carbocycles. The molecule has 18 heavy (non-hydrogen) atoms. The van der Waals surface area contributed by atoms with E-state index in [1.54, 1.807) is 0 Å². The van der Waals surface area contributed by atoms with Crippen LogP contribution in [0.15, 0.2) is 0 Å². The summed E-state index contributed by atoms with van der Waals surface area (Å²) in [6.07, 6.45) is 8.80. The minimum absolute atomic E-state index is 0.345. The van der Waals surface area contributed by atoms with E-state index < -0.39 is 0 Å². The van der Waals surface area contributed by atoms with E-state index in [2.05, 4.69) is 0 Å². The molecule has 6 atom stereocenters. The van der Waals surface area contributed by atoms with Crippen LogP contribution in [0.2, 0.25) is 0 Å². The zero-order valence-electron chi connectivity index (χ0n) is 10.9. The van der Waals surface area contributed by atoms with Crippen LogP contribution in [0.25, 0.3) is 0 Å². The first-order chi connectivity index (χ1) is 8.75. The van der Waals surface area contributed by atoms with E-state index in [1.807, 2.05) is 0 Å². The maximum absolute atomic E-state index is 12.2. The molecule has 0 aliphatic heterocycles. The molecule has 0 aromatic rings. The second-order valence-corrected chi connectivity index (χ2v) is 7.06. The van der Waals surface area contributed by atoms with E-state index in [9.17, 15) is 9.59 Å². The Morgan fingerprint density at radius 1 is 0.611 bits per heavy atom. The molecule has 0 saturated heterocycles. The van der Waals surface area contributed by atoms with Gasteiger partial charge in [0, 0.05) is 24.7 Å². The zero-order valence-corrected chi connectivity index (χ0v) is 10.9. The lowest BCUT2D eigenvalue weighted by Gasteiger charge is -2.47. The van der Waals surface area contributed by atoms with Crippen LogP contribution in [0, 0.1) is 35.5 Å². The number of fused-ring (bicyclic) bond motifs is 5. The average Bonchev–Trinajstić information content (AvgIpc) is 2.94. The van der Waals surface area contributed by atoms with Gasteiger partial charge in [0.05, 0.1) is 0 Å². The number of hydrogen-bond donors (Lipinski definition) is 0. The molecule has 0 amide bonds. The standard InChI is InChI=1S/C16H22O2/c17-13-7-3-9-1-5-11-12(15(9)13)6-2-10-4-8-14(18)16(10)11/h9-12,15-16H,1-8H2. The number of Topliss-reactive ketones (excluding diaryl/α,β-unsaturated/α-hetero) is 2. The van der Waals surface area contributed by atoms with Crippen molar-refractivity contribution < 1.29 is 9.59 Å². The first-order valence-electron chi connectivity index (χ1n) is 7.81. The van der Waals surface area contributed by atoms with Crippen LogP contribution in [-0.2, 0) is 9.59 Å². The Bertz CT molecular complexity index is 362. The van der Waals surface area contributed by atoms with Crippen molar-refractivity contribution in [1.82, 2.24) is 0 Å². The topological polar surface area (TPSA) is 34.1 Å². The third-order valence-corrected chi connectivity index (χ3v) is 6.50. The van der Waals surface area contributed by atoms with Gasteiger partial charge in [0.15, 0.2) is 0 Å². The fourth-order valence-electron chi connectivity index (χ4n) is 5.83. The van der Waals surface area contributed by atoms with Crippen LogP contribution in [0.1, 0.15) is 51.4 Å². The molecule has 0 N–H and O–H groups in total. The molecule has 0 aromatic heterocycles. The summed E-state index contributed by atoms with van der Waals surface area (Å²) in [5.74, 6) is 4.23. The molecule has 0 heterocycles. The van der Waals surface area contributed by atoms with E-state index in [0.29, 0.717) is 47.1 Å². The van der Waals surface area contributed by atoms with Crippen LogP contribution in [-0.4, -0.2) is 11.6 Å². The summed E-state index contributed by atoms with van der Waals surface area (Å²) in [4.78, 5) is 24.3. The van der Waals surface area contributed by atoms with Gasteiger partial charge >= 0.3 is 0 Å². The third kappa shape index (κ3) is 1.41. The molecule has 4 aliphatic rings. The zero-order chi connectivity index (χ0) is 12.3. The Morgan fingerprint density at radius 3 is 1.50 bits per heavy atom. The van der Waals surface area contributed by atoms with Crippen molar-refractivity contribution in [1.29, 1.82) is 0 Å². The lowest BCUT2D eigenvalue weighted by atomic mass is 9.57. The number of carbonyl (C=O) groups is 2. The lowest BCUT2D eigenvalue weighted by molar-refractivity contribution is -0.132. The SMILES string of the molecule is O=C1CCC2CCC3C(CCC4CCC(=O)C43)C12. The molecule has 0 spiro atoms. The summed E-state index contributed by atoms with van der Waals surface area (Å²) in [7, 11) is 0. The van der Waals surface area contributed by atoms with E-state index in [1.165, 1.54) is 25.7 Å². The monoisotopic (exact) mass is 246 g/mol. The van der Waals surface area contributed by atoms with Gasteiger partial charge in [0.1, 0.15) is 11.6 Å². The fraction of sp³-hybridized carbons (Fsp3) is 0.875. The normalized spacial score (nSPS) is 50.9. The van der Waals surface area contributed by atoms with Gasteiger partial charge in [0.2, 0.25) is 0 Å². The highest BCUT2D eigenvalue weighted by Crippen LogP contribution is 2.56. The highest BCUT2D eigenvalue weighted by Gasteiger charge is 2.54. The second-order valence-electron chi connectivity index (χ2n) is 7.06. The first kappa shape index (κ1) is 11.2. The highest BCUT2D eigenvalue weighted by molar-refractivity contribution is 5.86. The minimum Gasteiger partial charge on any atom is -0.299 e. The maximum atomic E-state index is 12.2. The Labute approximate surface area is 109 Å². The van der Waals surface area contributed by atoms with Crippen molar-refractivity contribution in [3.8, 4) is 0 Å². The van der Waals surface area contributed by atoms with Crippen LogP contribution in [0.5, 0.6) is 0 Å². The highest BCUT2D eigenvalue weighted by atomic mass is 16.1. The molecule has 4 saturated carbocycles. The van der Waals surface area contributed by atoms with Gasteiger partial charge in [-0.05, 0) is 62.2 Å². The second kappa shape index (κ2) is 3.91. The van der Waals surface area contributed by atoms with Crippen molar-refractivity contribution in [3.05, 3.63) is 0 Å². The van der Waals surface area contributed by atoms with Crippen molar-refractivity contribution in [2.75, 3.05) is 0 Å². The molecule has 4 aliphatic carbocycles. The number of carbonyl (C=O) groups excluding carboxylic acids is 2. The van der Waals surface area contributed by atoms with Crippen molar-refractivity contribution in [2.24, 2.45) is 35.5 Å². The summed E-state index contributed by atoms with van der Waals surface area (Å²) in [6.45, 7) is 0. The Morgan fingerprint density at radius 2 is 1.06 bits per heavy atom. The fourth-order valence-corrected chi connectivity index (χ4v) is 5.83.